The zero-order valence-electron chi connectivity index (χ0n) is 15.9. The van der Waals surface area contributed by atoms with Crippen LogP contribution in [-0.4, -0.2) is 0 Å². The summed E-state index contributed by atoms with van der Waals surface area (Å²) in [5.74, 6) is 0.579. The van der Waals surface area contributed by atoms with Gasteiger partial charge in [-0.05, 0) is 62.2 Å². The van der Waals surface area contributed by atoms with Gasteiger partial charge in [-0.15, -0.1) is 0 Å². The van der Waals surface area contributed by atoms with Gasteiger partial charge in [-0.25, -0.2) is 0 Å². The van der Waals surface area contributed by atoms with Crippen LogP contribution in [0.25, 0.3) is 0 Å². The maximum absolute atomic E-state index is 2.41. The number of allylic oxidation sites excluding steroid dienone is 8. The molecule has 0 spiro atoms. The molecule has 0 aromatic heterocycles. The predicted octanol–water partition coefficient (Wildman–Crippen LogP) is 7.06. The topological polar surface area (TPSA) is 0 Å². The molecule has 0 bridgehead atoms. The van der Waals surface area contributed by atoms with Gasteiger partial charge in [-0.3, -0.25) is 0 Å². The molecule has 0 radical (unpaired) electrons. The molecule has 1 aromatic carbocycles. The lowest BCUT2D eigenvalue weighted by Gasteiger charge is -2.41. The molecule has 0 heteroatoms. The Hall–Kier alpha value is -1.82. The molecule has 2 unspecified atom stereocenters. The van der Waals surface area contributed by atoms with Crippen LogP contribution in [0, 0.1) is 5.92 Å². The summed E-state index contributed by atoms with van der Waals surface area (Å²) in [4.78, 5) is 0. The first-order valence-corrected chi connectivity index (χ1v) is 10.1. The van der Waals surface area contributed by atoms with E-state index in [9.17, 15) is 0 Å². The van der Waals surface area contributed by atoms with Crippen LogP contribution in [0.3, 0.4) is 0 Å². The van der Waals surface area contributed by atoms with E-state index in [1.54, 1.807) is 27.9 Å². The van der Waals surface area contributed by atoms with E-state index in [2.05, 4.69) is 69.3 Å². The van der Waals surface area contributed by atoms with E-state index < -0.39 is 0 Å². The molecule has 0 amide bonds. The normalized spacial score (nSPS) is 28.6. The summed E-state index contributed by atoms with van der Waals surface area (Å²) in [5, 5.41) is 0. The minimum Gasteiger partial charge on any atom is -0.0804 e. The van der Waals surface area contributed by atoms with E-state index in [4.69, 9.17) is 0 Å². The van der Waals surface area contributed by atoms with Crippen molar-refractivity contribution in [3.8, 4) is 0 Å². The SMILES string of the molecule is CCC1=C(C)C(C2=CC=CC2)C2=C1C(CC)(c1ccccc1)CCC2. The summed E-state index contributed by atoms with van der Waals surface area (Å²) in [5.41, 5.74) is 10.2. The molecule has 0 heterocycles. The molecule has 25 heavy (non-hydrogen) atoms. The Labute approximate surface area is 153 Å². The second-order valence-corrected chi connectivity index (χ2v) is 7.88. The smallest absolute Gasteiger partial charge is 0.0232 e. The van der Waals surface area contributed by atoms with E-state index in [0.717, 1.165) is 12.8 Å². The van der Waals surface area contributed by atoms with Crippen molar-refractivity contribution in [1.29, 1.82) is 0 Å². The highest BCUT2D eigenvalue weighted by atomic mass is 14.5. The molecule has 0 aliphatic heterocycles. The van der Waals surface area contributed by atoms with Gasteiger partial charge in [0.2, 0.25) is 0 Å². The molecule has 0 N–H and O–H groups in total. The first-order valence-electron chi connectivity index (χ1n) is 10.1. The Kier molecular flexibility index (Phi) is 4.31. The molecule has 0 saturated heterocycles. The van der Waals surface area contributed by atoms with Crippen molar-refractivity contribution in [2.24, 2.45) is 5.92 Å². The van der Waals surface area contributed by atoms with Crippen LogP contribution in [0.2, 0.25) is 0 Å². The highest BCUT2D eigenvalue weighted by molar-refractivity contribution is 5.61. The van der Waals surface area contributed by atoms with Crippen molar-refractivity contribution in [1.82, 2.24) is 0 Å². The van der Waals surface area contributed by atoms with Gasteiger partial charge in [-0.2, -0.15) is 0 Å². The summed E-state index contributed by atoms with van der Waals surface area (Å²) >= 11 is 0. The van der Waals surface area contributed by atoms with Crippen molar-refractivity contribution >= 4 is 0 Å². The maximum Gasteiger partial charge on any atom is 0.0232 e. The Morgan fingerprint density at radius 1 is 1.12 bits per heavy atom. The number of hydrogen-bond donors (Lipinski definition) is 0. The molecule has 4 rings (SSSR count). The first-order chi connectivity index (χ1) is 12.2. The largest absolute Gasteiger partial charge is 0.0804 e. The van der Waals surface area contributed by atoms with Crippen molar-refractivity contribution in [2.45, 2.75) is 64.7 Å². The Bertz CT molecular complexity index is 785. The molecular weight excluding hydrogens is 300 g/mol. The van der Waals surface area contributed by atoms with Crippen LogP contribution in [0.15, 0.2) is 76.4 Å². The molecule has 3 aliphatic carbocycles. The van der Waals surface area contributed by atoms with Gasteiger partial charge < -0.3 is 0 Å². The third-order valence-electron chi connectivity index (χ3n) is 6.86. The van der Waals surface area contributed by atoms with Crippen molar-refractivity contribution in [3.63, 3.8) is 0 Å². The molecule has 0 saturated carbocycles. The van der Waals surface area contributed by atoms with Gasteiger partial charge >= 0.3 is 0 Å². The monoisotopic (exact) mass is 330 g/mol. The maximum atomic E-state index is 2.41. The van der Waals surface area contributed by atoms with Gasteiger partial charge in [0, 0.05) is 11.3 Å². The second-order valence-electron chi connectivity index (χ2n) is 7.88. The van der Waals surface area contributed by atoms with Gasteiger partial charge in [0.15, 0.2) is 0 Å². The summed E-state index contributed by atoms with van der Waals surface area (Å²) < 4.78 is 0. The second kappa shape index (κ2) is 6.48. The standard InChI is InChI=1S/C25H30/c1-4-21-18(3)23(19-12-9-10-13-19)22-16-11-17-25(5-2,24(21)22)20-14-7-6-8-15-20/h6-10,12,14-15,23H,4-5,11,13,16-17H2,1-3H3. The van der Waals surface area contributed by atoms with Crippen LogP contribution in [0.5, 0.6) is 0 Å². The van der Waals surface area contributed by atoms with Crippen molar-refractivity contribution < 1.29 is 0 Å². The molecule has 0 fully saturated rings. The lowest BCUT2D eigenvalue weighted by Crippen LogP contribution is -2.32. The summed E-state index contributed by atoms with van der Waals surface area (Å²) in [6.45, 7) is 7.16. The third kappa shape index (κ3) is 2.41. The average Bonchev–Trinajstić information content (AvgIpc) is 3.27. The molecule has 2 atom stereocenters. The van der Waals surface area contributed by atoms with Crippen LogP contribution < -0.4 is 0 Å². The Balaban J connectivity index is 1.92. The Morgan fingerprint density at radius 3 is 2.56 bits per heavy atom. The lowest BCUT2D eigenvalue weighted by molar-refractivity contribution is 0.404. The van der Waals surface area contributed by atoms with Crippen LogP contribution >= 0.6 is 0 Å². The molecule has 3 aliphatic rings. The van der Waals surface area contributed by atoms with Crippen LogP contribution in [0.1, 0.15) is 64.9 Å². The highest BCUT2D eigenvalue weighted by Gasteiger charge is 2.45. The molecule has 0 nitrogen and oxygen atoms in total. The number of hydrogen-bond acceptors (Lipinski definition) is 0. The third-order valence-corrected chi connectivity index (χ3v) is 6.86. The summed E-state index contributed by atoms with van der Waals surface area (Å²) in [6.07, 6.45) is 14.4. The quantitative estimate of drug-likeness (QED) is 0.554. The number of rotatable bonds is 4. The zero-order chi connectivity index (χ0) is 17.4. The van der Waals surface area contributed by atoms with Crippen molar-refractivity contribution in [2.75, 3.05) is 0 Å². The summed E-state index contributed by atoms with van der Waals surface area (Å²) in [7, 11) is 0. The number of benzene rings is 1. The van der Waals surface area contributed by atoms with E-state index >= 15 is 0 Å². The molecule has 130 valence electrons. The van der Waals surface area contributed by atoms with Gasteiger partial charge in [0.05, 0.1) is 0 Å². The highest BCUT2D eigenvalue weighted by Crippen LogP contribution is 2.57. The fourth-order valence-corrected chi connectivity index (χ4v) is 5.78. The van der Waals surface area contributed by atoms with E-state index in [0.29, 0.717) is 5.92 Å². The van der Waals surface area contributed by atoms with E-state index in [1.807, 2.05) is 0 Å². The Morgan fingerprint density at radius 2 is 1.92 bits per heavy atom. The van der Waals surface area contributed by atoms with Gasteiger partial charge in [0.1, 0.15) is 0 Å². The van der Waals surface area contributed by atoms with Crippen LogP contribution in [-0.2, 0) is 5.41 Å². The van der Waals surface area contributed by atoms with E-state index in [-0.39, 0.29) is 5.41 Å². The molecule has 1 aromatic rings. The van der Waals surface area contributed by atoms with Crippen LogP contribution in [0.4, 0.5) is 0 Å². The lowest BCUT2D eigenvalue weighted by atomic mass is 9.62. The van der Waals surface area contributed by atoms with E-state index in [1.165, 1.54) is 31.2 Å². The predicted molar refractivity (Wildman–Crippen MR) is 108 cm³/mol. The van der Waals surface area contributed by atoms with Gasteiger partial charge in [-0.1, -0.05) is 79.1 Å². The fraction of sp³-hybridized carbons (Fsp3) is 0.440. The minimum absolute atomic E-state index is 0.225. The van der Waals surface area contributed by atoms with Gasteiger partial charge in [0.25, 0.3) is 0 Å². The summed E-state index contributed by atoms with van der Waals surface area (Å²) in [6, 6.07) is 11.3. The minimum atomic E-state index is 0.225. The molecular formula is C25H30. The zero-order valence-corrected chi connectivity index (χ0v) is 15.9. The average molecular weight is 331 g/mol. The van der Waals surface area contributed by atoms with Crippen molar-refractivity contribution in [3.05, 3.63) is 82.0 Å². The fourth-order valence-electron chi connectivity index (χ4n) is 5.78. The first kappa shape index (κ1) is 16.6.